The molecule has 2 N–H and O–H groups in total. The summed E-state index contributed by atoms with van der Waals surface area (Å²) in [6.45, 7) is 0.505. The SMILES string of the molecule is O=C(Cc1ccccc1)Nc1cccc(C2OC(=O)N(Cc3ccccc3)C2C(=O)NCc2ccncc2)c1. The minimum absolute atomic E-state index is 0.167. The summed E-state index contributed by atoms with van der Waals surface area (Å²) in [6, 6.07) is 28.7. The Morgan fingerprint density at radius 3 is 2.23 bits per heavy atom. The fraction of sp³-hybridized carbons (Fsp3) is 0.161. The van der Waals surface area contributed by atoms with E-state index < -0.39 is 18.2 Å². The van der Waals surface area contributed by atoms with Crippen molar-refractivity contribution >= 4 is 23.6 Å². The first-order valence-corrected chi connectivity index (χ1v) is 12.7. The van der Waals surface area contributed by atoms with Crippen molar-refractivity contribution in [2.45, 2.75) is 31.7 Å². The number of carbonyl (C=O) groups excluding carboxylic acids is 3. The number of nitrogens with zero attached hydrogens (tertiary/aromatic N) is 2. The lowest BCUT2D eigenvalue weighted by Gasteiger charge is -2.24. The zero-order chi connectivity index (χ0) is 27.0. The number of rotatable bonds is 9. The van der Waals surface area contributed by atoms with Gasteiger partial charge in [-0.2, -0.15) is 0 Å². The number of nitrogens with one attached hydrogen (secondary N) is 2. The van der Waals surface area contributed by atoms with Gasteiger partial charge in [0.25, 0.3) is 0 Å². The van der Waals surface area contributed by atoms with E-state index in [4.69, 9.17) is 4.74 Å². The van der Waals surface area contributed by atoms with E-state index in [-0.39, 0.29) is 31.3 Å². The molecule has 3 amide bonds. The second-order valence-corrected chi connectivity index (χ2v) is 9.27. The number of aromatic nitrogens is 1. The van der Waals surface area contributed by atoms with Crippen molar-refractivity contribution in [1.29, 1.82) is 0 Å². The minimum atomic E-state index is -0.908. The molecule has 2 unspecified atom stereocenters. The summed E-state index contributed by atoms with van der Waals surface area (Å²) in [5.74, 6) is -0.503. The highest BCUT2D eigenvalue weighted by Crippen LogP contribution is 2.35. The number of ether oxygens (including phenoxy) is 1. The molecule has 0 bridgehead atoms. The van der Waals surface area contributed by atoms with Crippen molar-refractivity contribution in [3.05, 3.63) is 132 Å². The van der Waals surface area contributed by atoms with E-state index in [1.54, 1.807) is 36.7 Å². The van der Waals surface area contributed by atoms with E-state index >= 15 is 0 Å². The maximum absolute atomic E-state index is 13.5. The first-order chi connectivity index (χ1) is 19.1. The number of benzene rings is 3. The van der Waals surface area contributed by atoms with Crippen LogP contribution in [0.5, 0.6) is 0 Å². The van der Waals surface area contributed by atoms with Crippen LogP contribution in [0.25, 0.3) is 0 Å². The molecule has 8 heteroatoms. The maximum Gasteiger partial charge on any atom is 0.411 e. The second-order valence-electron chi connectivity index (χ2n) is 9.27. The van der Waals surface area contributed by atoms with Crippen molar-refractivity contribution in [2.24, 2.45) is 0 Å². The van der Waals surface area contributed by atoms with Gasteiger partial charge in [-0.05, 0) is 46.5 Å². The van der Waals surface area contributed by atoms with Gasteiger partial charge in [-0.15, -0.1) is 0 Å². The van der Waals surface area contributed by atoms with Gasteiger partial charge >= 0.3 is 6.09 Å². The second kappa shape index (κ2) is 12.0. The smallest absolute Gasteiger partial charge is 0.411 e. The largest absolute Gasteiger partial charge is 0.438 e. The van der Waals surface area contributed by atoms with E-state index in [1.165, 1.54) is 4.90 Å². The van der Waals surface area contributed by atoms with Crippen molar-refractivity contribution in [1.82, 2.24) is 15.2 Å². The predicted octanol–water partition coefficient (Wildman–Crippen LogP) is 4.64. The molecule has 1 aromatic heterocycles. The van der Waals surface area contributed by atoms with Gasteiger partial charge in [-0.3, -0.25) is 19.5 Å². The molecule has 8 nitrogen and oxygen atoms in total. The fourth-order valence-electron chi connectivity index (χ4n) is 4.56. The Bertz CT molecular complexity index is 1430. The third-order valence-electron chi connectivity index (χ3n) is 6.47. The lowest BCUT2D eigenvalue weighted by Crippen LogP contribution is -2.46. The molecule has 0 saturated carbocycles. The number of hydrogen-bond acceptors (Lipinski definition) is 5. The number of hydrogen-bond donors (Lipinski definition) is 2. The van der Waals surface area contributed by atoms with Crippen LogP contribution in [0.1, 0.15) is 28.4 Å². The van der Waals surface area contributed by atoms with Gasteiger partial charge < -0.3 is 15.4 Å². The molecule has 2 heterocycles. The Labute approximate surface area is 226 Å². The molecule has 4 aromatic rings. The molecule has 0 radical (unpaired) electrons. The van der Waals surface area contributed by atoms with Crippen LogP contribution in [0.15, 0.2) is 109 Å². The Morgan fingerprint density at radius 1 is 0.821 bits per heavy atom. The zero-order valence-corrected chi connectivity index (χ0v) is 21.2. The maximum atomic E-state index is 13.5. The van der Waals surface area contributed by atoms with Crippen molar-refractivity contribution in [3.8, 4) is 0 Å². The van der Waals surface area contributed by atoms with E-state index in [0.717, 1.165) is 16.7 Å². The molecule has 196 valence electrons. The molecule has 1 aliphatic heterocycles. The van der Waals surface area contributed by atoms with E-state index in [0.29, 0.717) is 11.3 Å². The first-order valence-electron chi connectivity index (χ1n) is 12.7. The van der Waals surface area contributed by atoms with Crippen LogP contribution in [0, 0.1) is 0 Å². The highest BCUT2D eigenvalue weighted by molar-refractivity contribution is 5.92. The van der Waals surface area contributed by atoms with Crippen molar-refractivity contribution in [3.63, 3.8) is 0 Å². The van der Waals surface area contributed by atoms with Gasteiger partial charge in [0.2, 0.25) is 11.8 Å². The molecule has 39 heavy (non-hydrogen) atoms. The summed E-state index contributed by atoms with van der Waals surface area (Å²) in [7, 11) is 0. The third kappa shape index (κ3) is 6.48. The molecule has 3 aromatic carbocycles. The predicted molar refractivity (Wildman–Crippen MR) is 146 cm³/mol. The van der Waals surface area contributed by atoms with Crippen LogP contribution in [-0.4, -0.2) is 33.8 Å². The molecule has 1 aliphatic rings. The zero-order valence-electron chi connectivity index (χ0n) is 21.2. The van der Waals surface area contributed by atoms with Gasteiger partial charge in [0.05, 0.1) is 13.0 Å². The lowest BCUT2D eigenvalue weighted by atomic mass is 10.00. The van der Waals surface area contributed by atoms with Crippen LogP contribution in [0.2, 0.25) is 0 Å². The Hall–Kier alpha value is -4.98. The van der Waals surface area contributed by atoms with Gasteiger partial charge in [0.1, 0.15) is 0 Å². The standard InChI is InChI=1S/C31H28N4O4/c36-27(18-22-8-3-1-4-9-22)34-26-13-7-12-25(19-26)29-28(30(37)33-20-23-14-16-32-17-15-23)35(31(38)39-29)21-24-10-5-2-6-11-24/h1-17,19,28-29H,18,20-21H2,(H,33,37)(H,34,36). The molecule has 0 aliphatic carbocycles. The van der Waals surface area contributed by atoms with Gasteiger partial charge in [-0.25, -0.2) is 4.79 Å². The number of cyclic esters (lactones) is 1. The summed E-state index contributed by atoms with van der Waals surface area (Å²) in [5.41, 5.74) is 3.84. The highest BCUT2D eigenvalue weighted by atomic mass is 16.6. The van der Waals surface area contributed by atoms with E-state index in [9.17, 15) is 14.4 Å². The molecule has 2 atom stereocenters. The monoisotopic (exact) mass is 520 g/mol. The first kappa shape index (κ1) is 25.7. The molecular weight excluding hydrogens is 492 g/mol. The normalized spacial score (nSPS) is 16.4. The van der Waals surface area contributed by atoms with Crippen LogP contribution in [0.3, 0.4) is 0 Å². The Kier molecular flexibility index (Phi) is 7.92. The van der Waals surface area contributed by atoms with E-state index in [1.807, 2.05) is 72.8 Å². The average molecular weight is 521 g/mol. The van der Waals surface area contributed by atoms with Crippen molar-refractivity contribution < 1.29 is 19.1 Å². The van der Waals surface area contributed by atoms with Crippen LogP contribution < -0.4 is 10.6 Å². The number of amides is 3. The third-order valence-corrected chi connectivity index (χ3v) is 6.47. The summed E-state index contributed by atoms with van der Waals surface area (Å²) in [6.07, 6.45) is 2.11. The van der Waals surface area contributed by atoms with Gasteiger partial charge in [-0.1, -0.05) is 72.8 Å². The van der Waals surface area contributed by atoms with Crippen LogP contribution >= 0.6 is 0 Å². The van der Waals surface area contributed by atoms with Crippen LogP contribution in [0.4, 0.5) is 10.5 Å². The number of carbonyl (C=O) groups is 3. The Balaban J connectivity index is 1.37. The average Bonchev–Trinajstić information content (AvgIpc) is 3.29. The van der Waals surface area contributed by atoms with Gasteiger partial charge in [0.15, 0.2) is 12.1 Å². The summed E-state index contributed by atoms with van der Waals surface area (Å²) in [4.78, 5) is 44.7. The molecule has 5 rings (SSSR count). The quantitative estimate of drug-likeness (QED) is 0.335. The number of pyridine rings is 1. The van der Waals surface area contributed by atoms with Crippen molar-refractivity contribution in [2.75, 3.05) is 5.32 Å². The summed E-state index contributed by atoms with van der Waals surface area (Å²) in [5, 5.41) is 5.85. The van der Waals surface area contributed by atoms with Gasteiger partial charge in [0, 0.05) is 24.6 Å². The highest BCUT2D eigenvalue weighted by Gasteiger charge is 2.47. The lowest BCUT2D eigenvalue weighted by molar-refractivity contribution is -0.126. The molecular formula is C31H28N4O4. The van der Waals surface area contributed by atoms with E-state index in [2.05, 4.69) is 15.6 Å². The fourth-order valence-corrected chi connectivity index (χ4v) is 4.56. The van der Waals surface area contributed by atoms with Crippen LogP contribution in [-0.2, 0) is 33.8 Å². The number of anilines is 1. The summed E-state index contributed by atoms with van der Waals surface area (Å²) >= 11 is 0. The molecule has 1 saturated heterocycles. The summed E-state index contributed by atoms with van der Waals surface area (Å²) < 4.78 is 5.78. The molecule has 0 spiro atoms. The topological polar surface area (TPSA) is 101 Å². The molecule has 1 fully saturated rings. The Morgan fingerprint density at radius 2 is 1.51 bits per heavy atom. The minimum Gasteiger partial charge on any atom is -0.438 e.